The Morgan fingerprint density at radius 3 is 1.41 bits per heavy atom. The van der Waals surface area contributed by atoms with Crippen molar-refractivity contribution in [1.82, 2.24) is 0 Å². The predicted octanol–water partition coefficient (Wildman–Crippen LogP) is 7.63. The highest BCUT2D eigenvalue weighted by atomic mass is 127. The van der Waals surface area contributed by atoms with Crippen molar-refractivity contribution in [2.24, 2.45) is 0 Å². The van der Waals surface area contributed by atoms with E-state index in [4.69, 9.17) is 18.9 Å². The van der Waals surface area contributed by atoms with Crippen LogP contribution in [0.1, 0.15) is 87.3 Å². The highest BCUT2D eigenvalue weighted by Gasteiger charge is 2.36. The number of hydrogen-bond acceptors (Lipinski definition) is 5. The minimum absolute atomic E-state index is 0.0799. The third-order valence-corrected chi connectivity index (χ3v) is 5.41. The molecule has 0 unspecified atom stereocenters. The monoisotopic (exact) mass is 584 g/mol. The van der Waals surface area contributed by atoms with Gasteiger partial charge in [-0.15, -0.1) is 0 Å². The summed E-state index contributed by atoms with van der Waals surface area (Å²) in [6.45, 7) is 21.8. The number of benzene rings is 2. The molecular formula is C28H41IO5. The van der Waals surface area contributed by atoms with Crippen molar-refractivity contribution < 1.29 is 24.1 Å². The molecule has 0 amide bonds. The fourth-order valence-electron chi connectivity index (χ4n) is 3.30. The van der Waals surface area contributed by atoms with Gasteiger partial charge < -0.3 is 24.1 Å². The van der Waals surface area contributed by atoms with Crippen LogP contribution in [0.25, 0.3) is 0 Å². The van der Waals surface area contributed by atoms with Gasteiger partial charge in [0.1, 0.15) is 39.8 Å². The van der Waals surface area contributed by atoms with Crippen molar-refractivity contribution in [2.45, 2.75) is 103 Å². The summed E-state index contributed by atoms with van der Waals surface area (Å²) in [5.74, 6) is 2.47. The number of aliphatic hydroxyl groups is 1. The Bertz CT molecular complexity index is 976. The minimum Gasteiger partial charge on any atom is -0.490 e. The smallest absolute Gasteiger partial charge is 0.173 e. The van der Waals surface area contributed by atoms with E-state index in [-0.39, 0.29) is 17.3 Å². The summed E-state index contributed by atoms with van der Waals surface area (Å²) >= 11 is 2.05. The molecule has 34 heavy (non-hydrogen) atoms. The van der Waals surface area contributed by atoms with E-state index in [2.05, 4.69) is 22.6 Å². The second-order valence-corrected chi connectivity index (χ2v) is 13.3. The first-order valence-electron chi connectivity index (χ1n) is 11.7. The topological polar surface area (TPSA) is 57.2 Å². The van der Waals surface area contributed by atoms with Crippen molar-refractivity contribution in [3.8, 4) is 23.0 Å². The lowest BCUT2D eigenvalue weighted by atomic mass is 9.98. The van der Waals surface area contributed by atoms with Gasteiger partial charge in [0.25, 0.3) is 0 Å². The summed E-state index contributed by atoms with van der Waals surface area (Å²) in [6, 6.07) is 11.1. The first kappa shape index (κ1) is 28.6. The SMILES string of the molecule is CC(C)Oc1cc(OC(C)(C)C)ccc1[C@@](O)(I)c1ccc(OC(C)(C)C)cc1OC(C)(C)C. The molecule has 1 atom stereocenters. The lowest BCUT2D eigenvalue weighted by Gasteiger charge is -2.31. The highest BCUT2D eigenvalue weighted by molar-refractivity contribution is 14.1. The molecule has 0 aliphatic rings. The van der Waals surface area contributed by atoms with Gasteiger partial charge in [-0.2, -0.15) is 0 Å². The molecular weight excluding hydrogens is 543 g/mol. The lowest BCUT2D eigenvalue weighted by molar-refractivity contribution is 0.114. The Balaban J connectivity index is 2.64. The Labute approximate surface area is 219 Å². The molecule has 0 radical (unpaired) electrons. The van der Waals surface area contributed by atoms with E-state index >= 15 is 0 Å². The molecule has 0 bridgehead atoms. The van der Waals surface area contributed by atoms with Crippen LogP contribution in [-0.4, -0.2) is 28.0 Å². The molecule has 0 spiro atoms. The van der Waals surface area contributed by atoms with Crippen LogP contribution in [0, 0.1) is 0 Å². The lowest BCUT2D eigenvalue weighted by Crippen LogP contribution is -2.28. The van der Waals surface area contributed by atoms with E-state index in [9.17, 15) is 5.11 Å². The number of halogens is 1. The molecule has 0 saturated heterocycles. The Hall–Kier alpha value is -1.67. The summed E-state index contributed by atoms with van der Waals surface area (Å²) in [5.41, 5.74) is 0.0494. The second-order valence-electron chi connectivity index (χ2n) is 11.7. The van der Waals surface area contributed by atoms with Crippen LogP contribution in [0.3, 0.4) is 0 Å². The molecule has 0 heterocycles. The first-order chi connectivity index (χ1) is 15.3. The van der Waals surface area contributed by atoms with Crippen molar-refractivity contribution in [2.75, 3.05) is 0 Å². The normalized spacial score (nSPS) is 14.5. The zero-order valence-electron chi connectivity index (χ0n) is 22.5. The Kier molecular flexibility index (Phi) is 8.51. The van der Waals surface area contributed by atoms with Gasteiger partial charge in [-0.3, -0.25) is 0 Å². The summed E-state index contributed by atoms with van der Waals surface area (Å²) in [6.07, 6.45) is -0.0799. The van der Waals surface area contributed by atoms with Gasteiger partial charge in [-0.1, -0.05) is 0 Å². The maximum Gasteiger partial charge on any atom is 0.173 e. The predicted molar refractivity (Wildman–Crippen MR) is 147 cm³/mol. The van der Waals surface area contributed by atoms with Gasteiger partial charge in [0.2, 0.25) is 0 Å². The molecule has 0 fully saturated rings. The number of rotatable bonds is 7. The van der Waals surface area contributed by atoms with Crippen LogP contribution in [-0.2, 0) is 3.61 Å². The Morgan fingerprint density at radius 1 is 0.647 bits per heavy atom. The fourth-order valence-corrected chi connectivity index (χ4v) is 4.19. The second kappa shape index (κ2) is 10.1. The standard InChI is InChI=1S/C28H41IO5/c1-18(2)31-23-16-19(32-25(3,4)5)12-14-21(23)28(29,30)22-15-13-20(33-26(6,7)8)17-24(22)34-27(9,10)11/h12-18,30H,1-11H3/t28-/m0/s1. The van der Waals surface area contributed by atoms with Crippen molar-refractivity contribution in [3.63, 3.8) is 0 Å². The Morgan fingerprint density at radius 2 is 1.03 bits per heavy atom. The summed E-state index contributed by atoms with van der Waals surface area (Å²) in [5, 5.41) is 11.9. The molecule has 2 aromatic rings. The maximum absolute atomic E-state index is 11.9. The molecule has 1 N–H and O–H groups in total. The largest absolute Gasteiger partial charge is 0.490 e. The third kappa shape index (κ3) is 8.52. The van der Waals surface area contributed by atoms with E-state index in [1.165, 1.54) is 0 Å². The molecule has 0 aromatic heterocycles. The summed E-state index contributed by atoms with van der Waals surface area (Å²) < 4.78 is 23.1. The average Bonchev–Trinajstić information content (AvgIpc) is 2.56. The number of hydrogen-bond donors (Lipinski definition) is 1. The van der Waals surface area contributed by atoms with Gasteiger partial charge in [0.15, 0.2) is 3.61 Å². The molecule has 190 valence electrons. The van der Waals surface area contributed by atoms with Crippen LogP contribution >= 0.6 is 22.6 Å². The summed E-state index contributed by atoms with van der Waals surface area (Å²) in [7, 11) is 0. The average molecular weight is 585 g/mol. The fraction of sp³-hybridized carbons (Fsp3) is 0.571. The summed E-state index contributed by atoms with van der Waals surface area (Å²) in [4.78, 5) is 0. The van der Waals surface area contributed by atoms with Crippen LogP contribution in [0.2, 0.25) is 0 Å². The van der Waals surface area contributed by atoms with E-state index in [0.717, 1.165) is 0 Å². The molecule has 5 nitrogen and oxygen atoms in total. The zero-order chi connectivity index (χ0) is 26.1. The van der Waals surface area contributed by atoms with Gasteiger partial charge >= 0.3 is 0 Å². The van der Waals surface area contributed by atoms with Gasteiger partial charge in [-0.25, -0.2) is 0 Å². The molecule has 2 aromatic carbocycles. The third-order valence-electron chi connectivity index (χ3n) is 4.25. The van der Waals surface area contributed by atoms with Crippen LogP contribution in [0.5, 0.6) is 23.0 Å². The first-order valence-corrected chi connectivity index (χ1v) is 12.8. The molecule has 0 aliphatic carbocycles. The highest BCUT2D eigenvalue weighted by Crippen LogP contribution is 2.47. The van der Waals surface area contributed by atoms with Crippen LogP contribution < -0.4 is 18.9 Å². The van der Waals surface area contributed by atoms with E-state index < -0.39 is 9.21 Å². The van der Waals surface area contributed by atoms with Crippen molar-refractivity contribution in [3.05, 3.63) is 47.5 Å². The number of alkyl halides is 1. The van der Waals surface area contributed by atoms with E-state index in [1.54, 1.807) is 0 Å². The minimum atomic E-state index is -1.43. The number of ether oxygens (including phenoxy) is 4. The van der Waals surface area contributed by atoms with E-state index in [0.29, 0.717) is 34.1 Å². The van der Waals surface area contributed by atoms with Gasteiger partial charge in [0.05, 0.1) is 6.10 Å². The van der Waals surface area contributed by atoms with Gasteiger partial charge in [0, 0.05) is 23.3 Å². The molecule has 0 aliphatic heterocycles. The molecule has 6 heteroatoms. The molecule has 2 rings (SSSR count). The zero-order valence-corrected chi connectivity index (χ0v) is 24.7. The van der Waals surface area contributed by atoms with Crippen molar-refractivity contribution in [1.29, 1.82) is 0 Å². The maximum atomic E-state index is 11.9. The molecule has 0 saturated carbocycles. The van der Waals surface area contributed by atoms with E-state index in [1.807, 2.05) is 113 Å². The van der Waals surface area contributed by atoms with Crippen molar-refractivity contribution >= 4 is 22.6 Å². The van der Waals surface area contributed by atoms with Gasteiger partial charge in [-0.05, 0) is 123 Å². The van der Waals surface area contributed by atoms with Crippen LogP contribution in [0.15, 0.2) is 36.4 Å². The van der Waals surface area contributed by atoms with Crippen LogP contribution in [0.4, 0.5) is 0 Å². The quantitative estimate of drug-likeness (QED) is 0.268.